The molecule has 0 unspecified atom stereocenters. The van der Waals surface area contributed by atoms with E-state index in [1.165, 1.54) is 10.5 Å². The Kier molecular flexibility index (Phi) is 5.18. The molecule has 6 heteroatoms. The normalized spacial score (nSPS) is 11.1. The van der Waals surface area contributed by atoms with E-state index in [-0.39, 0.29) is 12.2 Å². The van der Waals surface area contributed by atoms with Gasteiger partial charge in [-0.15, -0.1) is 0 Å². The van der Waals surface area contributed by atoms with Crippen LogP contribution in [-0.2, 0) is 11.3 Å². The third-order valence-electron chi connectivity index (χ3n) is 5.68. The van der Waals surface area contributed by atoms with E-state index in [9.17, 15) is 9.59 Å². The zero-order valence-electron chi connectivity index (χ0n) is 18.3. The highest BCUT2D eigenvalue weighted by atomic mass is 16.5. The number of rotatable bonds is 4. The molecular formula is C27H21N3O3. The number of esters is 1. The summed E-state index contributed by atoms with van der Waals surface area (Å²) in [6.07, 6.45) is 1.67. The minimum atomic E-state index is -0.477. The van der Waals surface area contributed by atoms with Crippen LogP contribution in [0, 0.1) is 13.8 Å². The first-order chi connectivity index (χ1) is 16.0. The Labute approximate surface area is 190 Å². The molecular weight excluding hydrogens is 414 g/mol. The molecule has 3 aromatic heterocycles. The van der Waals surface area contributed by atoms with Gasteiger partial charge in [-0.2, -0.15) is 0 Å². The molecule has 0 atom stereocenters. The van der Waals surface area contributed by atoms with Crippen molar-refractivity contribution in [3.8, 4) is 11.3 Å². The summed E-state index contributed by atoms with van der Waals surface area (Å²) in [5.41, 5.74) is 5.19. The van der Waals surface area contributed by atoms with Crippen molar-refractivity contribution in [2.45, 2.75) is 20.5 Å². The van der Waals surface area contributed by atoms with Gasteiger partial charge in [0.25, 0.3) is 5.56 Å². The third kappa shape index (κ3) is 3.76. The molecule has 0 aliphatic rings. The highest BCUT2D eigenvalue weighted by Crippen LogP contribution is 2.30. The van der Waals surface area contributed by atoms with Gasteiger partial charge in [-0.1, -0.05) is 54.6 Å². The Hall–Kier alpha value is -4.32. The molecule has 0 fully saturated rings. The molecule has 5 rings (SSSR count). The number of para-hydroxylation sites is 1. The summed E-state index contributed by atoms with van der Waals surface area (Å²) < 4.78 is 7.14. The molecule has 6 nitrogen and oxygen atoms in total. The molecule has 0 saturated carbocycles. The van der Waals surface area contributed by atoms with Gasteiger partial charge < -0.3 is 4.74 Å². The van der Waals surface area contributed by atoms with Gasteiger partial charge in [0.2, 0.25) is 0 Å². The van der Waals surface area contributed by atoms with Crippen molar-refractivity contribution in [2.75, 3.05) is 0 Å². The Morgan fingerprint density at radius 3 is 2.52 bits per heavy atom. The van der Waals surface area contributed by atoms with Crippen LogP contribution >= 0.6 is 0 Å². The van der Waals surface area contributed by atoms with Crippen LogP contribution in [0.2, 0.25) is 0 Å². The number of benzene rings is 2. The van der Waals surface area contributed by atoms with E-state index in [0.717, 1.165) is 27.8 Å². The number of aromatic nitrogens is 3. The smallest absolute Gasteiger partial charge is 0.339 e. The van der Waals surface area contributed by atoms with E-state index >= 15 is 0 Å². The molecule has 0 radical (unpaired) electrons. The average molecular weight is 435 g/mol. The van der Waals surface area contributed by atoms with Gasteiger partial charge in [-0.05, 0) is 37.1 Å². The van der Waals surface area contributed by atoms with Crippen LogP contribution in [-0.4, -0.2) is 20.3 Å². The van der Waals surface area contributed by atoms with E-state index < -0.39 is 5.97 Å². The Morgan fingerprint density at radius 1 is 0.939 bits per heavy atom. The lowest BCUT2D eigenvalue weighted by molar-refractivity contribution is 0.0469. The topological polar surface area (TPSA) is 73.6 Å². The number of carbonyl (C=O) groups excluding carboxylic acids is 1. The molecule has 0 saturated heterocycles. The van der Waals surface area contributed by atoms with E-state index in [4.69, 9.17) is 9.72 Å². The van der Waals surface area contributed by atoms with E-state index in [1.54, 1.807) is 12.3 Å². The van der Waals surface area contributed by atoms with Crippen LogP contribution in [0.4, 0.5) is 0 Å². The molecule has 5 aromatic rings. The van der Waals surface area contributed by atoms with Gasteiger partial charge >= 0.3 is 5.97 Å². The zero-order valence-corrected chi connectivity index (χ0v) is 18.3. The maximum absolute atomic E-state index is 13.3. The first-order valence-electron chi connectivity index (χ1n) is 10.6. The van der Waals surface area contributed by atoms with E-state index in [1.807, 2.05) is 74.5 Å². The Morgan fingerprint density at radius 2 is 1.70 bits per heavy atom. The molecule has 0 aliphatic heterocycles. The van der Waals surface area contributed by atoms with Crippen molar-refractivity contribution in [3.63, 3.8) is 0 Å². The second-order valence-electron chi connectivity index (χ2n) is 7.89. The number of pyridine rings is 2. The summed E-state index contributed by atoms with van der Waals surface area (Å²) in [7, 11) is 0. The standard InChI is InChI=1S/C27H21N3O3/c1-17-9-8-14-30-23(31)15-20(28-26(17)30)16-33-27(32)24-18(2)25(19-10-4-3-5-11-19)29-22-13-7-6-12-21(22)24/h3-15H,16H2,1-2H3. The van der Waals surface area contributed by atoms with Crippen molar-refractivity contribution in [3.05, 3.63) is 112 Å². The van der Waals surface area contributed by atoms with Crippen LogP contribution in [0.3, 0.4) is 0 Å². The number of nitrogens with zero attached hydrogens (tertiary/aromatic N) is 3. The number of aryl methyl sites for hydroxylation is 1. The van der Waals surface area contributed by atoms with Gasteiger partial charge in [-0.3, -0.25) is 9.20 Å². The van der Waals surface area contributed by atoms with Gasteiger partial charge in [0.15, 0.2) is 0 Å². The van der Waals surface area contributed by atoms with Crippen molar-refractivity contribution in [2.24, 2.45) is 0 Å². The second kappa shape index (κ2) is 8.31. The maximum Gasteiger partial charge on any atom is 0.339 e. The first-order valence-corrected chi connectivity index (χ1v) is 10.6. The van der Waals surface area contributed by atoms with Crippen LogP contribution in [0.25, 0.3) is 27.8 Å². The molecule has 2 aromatic carbocycles. The SMILES string of the molecule is Cc1c(-c2ccccc2)nc2ccccc2c1C(=O)OCc1cc(=O)n2cccc(C)c2n1. The first kappa shape index (κ1) is 20.6. The number of hydrogen-bond acceptors (Lipinski definition) is 5. The lowest BCUT2D eigenvalue weighted by Gasteiger charge is -2.14. The quantitative estimate of drug-likeness (QED) is 0.376. The van der Waals surface area contributed by atoms with Crippen molar-refractivity contribution in [1.82, 2.24) is 14.4 Å². The summed E-state index contributed by atoms with van der Waals surface area (Å²) >= 11 is 0. The molecule has 162 valence electrons. The number of ether oxygens (including phenoxy) is 1. The summed E-state index contributed by atoms with van der Waals surface area (Å²) in [5, 5.41) is 0.724. The minimum Gasteiger partial charge on any atom is -0.456 e. The van der Waals surface area contributed by atoms with Gasteiger partial charge in [0.1, 0.15) is 12.3 Å². The summed E-state index contributed by atoms with van der Waals surface area (Å²) in [5.74, 6) is -0.477. The largest absolute Gasteiger partial charge is 0.456 e. The van der Waals surface area contributed by atoms with Crippen LogP contribution in [0.5, 0.6) is 0 Å². The fourth-order valence-electron chi connectivity index (χ4n) is 4.04. The lowest BCUT2D eigenvalue weighted by Crippen LogP contribution is -2.17. The highest BCUT2D eigenvalue weighted by molar-refractivity contribution is 6.06. The molecule has 0 bridgehead atoms. The predicted octanol–water partition coefficient (Wildman–Crippen LogP) is 4.88. The lowest BCUT2D eigenvalue weighted by atomic mass is 9.98. The van der Waals surface area contributed by atoms with Crippen LogP contribution in [0.15, 0.2) is 83.8 Å². The molecule has 0 amide bonds. The van der Waals surface area contributed by atoms with Crippen molar-refractivity contribution in [1.29, 1.82) is 0 Å². The number of fused-ring (bicyclic) bond motifs is 2. The van der Waals surface area contributed by atoms with E-state index in [2.05, 4.69) is 4.98 Å². The van der Waals surface area contributed by atoms with Gasteiger partial charge in [0, 0.05) is 23.2 Å². The van der Waals surface area contributed by atoms with Crippen LogP contribution < -0.4 is 5.56 Å². The minimum absolute atomic E-state index is 0.102. The van der Waals surface area contributed by atoms with Crippen LogP contribution in [0.1, 0.15) is 27.2 Å². The van der Waals surface area contributed by atoms with Gasteiger partial charge in [-0.25, -0.2) is 14.8 Å². The fourth-order valence-corrected chi connectivity index (χ4v) is 4.04. The fraction of sp³-hybridized carbons (Fsp3) is 0.111. The highest BCUT2D eigenvalue weighted by Gasteiger charge is 2.20. The summed E-state index contributed by atoms with van der Waals surface area (Å²) in [4.78, 5) is 35.1. The van der Waals surface area contributed by atoms with Gasteiger partial charge in [0.05, 0.1) is 22.5 Å². The second-order valence-corrected chi connectivity index (χ2v) is 7.89. The number of hydrogen-bond donors (Lipinski definition) is 0. The maximum atomic E-state index is 13.3. The molecule has 3 heterocycles. The zero-order chi connectivity index (χ0) is 22.9. The summed E-state index contributed by atoms with van der Waals surface area (Å²) in [6, 6.07) is 22.3. The van der Waals surface area contributed by atoms with Crippen molar-refractivity contribution >= 4 is 22.5 Å². The predicted molar refractivity (Wildman–Crippen MR) is 127 cm³/mol. The Balaban J connectivity index is 1.54. The average Bonchev–Trinajstić information content (AvgIpc) is 2.83. The Bertz CT molecular complexity index is 1570. The molecule has 33 heavy (non-hydrogen) atoms. The summed E-state index contributed by atoms with van der Waals surface area (Å²) in [6.45, 7) is 3.66. The monoisotopic (exact) mass is 435 g/mol. The third-order valence-corrected chi connectivity index (χ3v) is 5.68. The number of carbonyl (C=O) groups is 1. The molecule has 0 aliphatic carbocycles. The van der Waals surface area contributed by atoms with Crippen molar-refractivity contribution < 1.29 is 9.53 Å². The molecule has 0 N–H and O–H groups in total. The molecule has 0 spiro atoms. The van der Waals surface area contributed by atoms with E-state index in [0.29, 0.717) is 22.4 Å².